The van der Waals surface area contributed by atoms with E-state index in [0.717, 1.165) is 16.2 Å². The molecule has 3 aromatic heterocycles. The summed E-state index contributed by atoms with van der Waals surface area (Å²) in [5.74, 6) is -0.592. The molecular formula is C23H16ClN5O2S. The van der Waals surface area contributed by atoms with E-state index in [1.807, 2.05) is 40.4 Å². The molecule has 5 aromatic rings. The Morgan fingerprint density at radius 3 is 2.66 bits per heavy atom. The normalized spacial score (nSPS) is 11.1. The molecule has 0 atom stereocenters. The Morgan fingerprint density at radius 2 is 1.91 bits per heavy atom. The smallest absolute Gasteiger partial charge is 0.280 e. The maximum absolute atomic E-state index is 12.8. The number of para-hydroxylation sites is 1. The second kappa shape index (κ2) is 8.07. The van der Waals surface area contributed by atoms with E-state index in [1.165, 1.54) is 10.7 Å². The number of fused-ring (bicyclic) bond motifs is 1. The Bertz CT molecular complexity index is 1490. The van der Waals surface area contributed by atoms with Crippen molar-refractivity contribution in [2.75, 3.05) is 5.32 Å². The fourth-order valence-corrected chi connectivity index (χ4v) is 4.27. The lowest BCUT2D eigenvalue weighted by Crippen LogP contribution is -2.27. The average Bonchev–Trinajstić information content (AvgIpc) is 3.37. The molecule has 0 saturated carbocycles. The third-order valence-electron chi connectivity index (χ3n) is 4.93. The van der Waals surface area contributed by atoms with Crippen LogP contribution in [0.2, 0.25) is 5.02 Å². The van der Waals surface area contributed by atoms with Crippen molar-refractivity contribution in [1.82, 2.24) is 19.2 Å². The molecule has 32 heavy (non-hydrogen) atoms. The van der Waals surface area contributed by atoms with E-state index in [-0.39, 0.29) is 5.69 Å². The summed E-state index contributed by atoms with van der Waals surface area (Å²) in [5, 5.41) is 9.46. The molecular weight excluding hydrogens is 446 g/mol. The summed E-state index contributed by atoms with van der Waals surface area (Å²) in [6, 6.07) is 15.7. The van der Waals surface area contributed by atoms with Crippen molar-refractivity contribution in [3.63, 3.8) is 0 Å². The number of hydrogen-bond acceptors (Lipinski definition) is 5. The summed E-state index contributed by atoms with van der Waals surface area (Å²) in [4.78, 5) is 30.8. The number of aryl methyl sites for hydroxylation is 1. The number of nitrogens with one attached hydrogen (secondary N) is 1. The number of benzene rings is 2. The highest BCUT2D eigenvalue weighted by Crippen LogP contribution is 2.23. The average molecular weight is 462 g/mol. The Hall–Kier alpha value is -3.75. The number of amides is 1. The van der Waals surface area contributed by atoms with Crippen LogP contribution in [0.1, 0.15) is 16.2 Å². The van der Waals surface area contributed by atoms with Gasteiger partial charge in [0.1, 0.15) is 0 Å². The summed E-state index contributed by atoms with van der Waals surface area (Å²) >= 11 is 7.83. The van der Waals surface area contributed by atoms with Gasteiger partial charge in [-0.3, -0.25) is 14.0 Å². The van der Waals surface area contributed by atoms with Gasteiger partial charge < -0.3 is 5.32 Å². The molecule has 0 aliphatic rings. The number of hydrogen-bond donors (Lipinski definition) is 1. The molecule has 1 N–H and O–H groups in total. The summed E-state index contributed by atoms with van der Waals surface area (Å²) in [5.41, 5.74) is 2.80. The lowest BCUT2D eigenvalue weighted by Gasteiger charge is -2.12. The number of carbonyl (C=O) groups is 1. The molecule has 3 heterocycles. The molecule has 5 rings (SSSR count). The van der Waals surface area contributed by atoms with Crippen molar-refractivity contribution in [2.45, 2.75) is 6.92 Å². The van der Waals surface area contributed by atoms with Crippen LogP contribution in [0.25, 0.3) is 21.9 Å². The van der Waals surface area contributed by atoms with Crippen LogP contribution in [0.3, 0.4) is 0 Å². The second-order valence-corrected chi connectivity index (χ2v) is 8.39. The fourth-order valence-electron chi connectivity index (χ4n) is 3.35. The van der Waals surface area contributed by atoms with Gasteiger partial charge in [-0.25, -0.2) is 9.67 Å². The molecule has 0 aliphatic carbocycles. The molecule has 0 spiro atoms. The minimum absolute atomic E-state index is 0.214. The van der Waals surface area contributed by atoms with Gasteiger partial charge in [0.05, 0.1) is 16.4 Å². The lowest BCUT2D eigenvalue weighted by molar-refractivity contribution is 0.101. The van der Waals surface area contributed by atoms with Crippen LogP contribution in [0.4, 0.5) is 5.69 Å². The van der Waals surface area contributed by atoms with Crippen LogP contribution < -0.4 is 10.7 Å². The van der Waals surface area contributed by atoms with Crippen molar-refractivity contribution < 1.29 is 4.79 Å². The van der Waals surface area contributed by atoms with Crippen molar-refractivity contribution in [1.29, 1.82) is 0 Å². The summed E-state index contributed by atoms with van der Waals surface area (Å²) in [6.07, 6.45) is 3.90. The molecule has 0 saturated heterocycles. The van der Waals surface area contributed by atoms with E-state index in [9.17, 15) is 9.59 Å². The summed E-state index contributed by atoms with van der Waals surface area (Å²) in [7, 11) is 0. The van der Waals surface area contributed by atoms with Gasteiger partial charge in [0.25, 0.3) is 5.91 Å². The maximum atomic E-state index is 12.8. The molecule has 1 amide bonds. The third kappa shape index (κ3) is 3.70. The first kappa shape index (κ1) is 20.2. The number of rotatable bonds is 4. The molecule has 0 aliphatic heterocycles. The van der Waals surface area contributed by atoms with Crippen molar-refractivity contribution >= 4 is 39.5 Å². The van der Waals surface area contributed by atoms with Crippen LogP contribution >= 0.6 is 22.9 Å². The minimum Gasteiger partial charge on any atom is -0.320 e. The molecule has 158 valence electrons. The van der Waals surface area contributed by atoms with Crippen LogP contribution in [0.15, 0.2) is 77.2 Å². The van der Waals surface area contributed by atoms with E-state index in [0.29, 0.717) is 22.1 Å². The predicted octanol–water partition coefficient (Wildman–Crippen LogP) is 4.82. The van der Waals surface area contributed by atoms with Crippen molar-refractivity contribution in [3.8, 4) is 16.9 Å². The zero-order valence-corrected chi connectivity index (χ0v) is 18.4. The first-order chi connectivity index (χ1) is 15.5. The molecule has 7 nitrogen and oxygen atoms in total. The van der Waals surface area contributed by atoms with Gasteiger partial charge in [-0.15, -0.1) is 11.3 Å². The third-order valence-corrected chi connectivity index (χ3v) is 6.03. The van der Waals surface area contributed by atoms with Gasteiger partial charge in [-0.05, 0) is 31.2 Å². The van der Waals surface area contributed by atoms with Gasteiger partial charge in [0.2, 0.25) is 5.43 Å². The number of thiazole rings is 1. The van der Waals surface area contributed by atoms with Crippen LogP contribution in [0.5, 0.6) is 0 Å². The highest BCUT2D eigenvalue weighted by molar-refractivity contribution is 7.15. The Morgan fingerprint density at radius 1 is 1.12 bits per heavy atom. The maximum Gasteiger partial charge on any atom is 0.280 e. The first-order valence-electron chi connectivity index (χ1n) is 9.69. The number of anilines is 1. The highest BCUT2D eigenvalue weighted by Gasteiger charge is 2.17. The highest BCUT2D eigenvalue weighted by atomic mass is 35.5. The molecule has 9 heteroatoms. The van der Waals surface area contributed by atoms with E-state index in [2.05, 4.69) is 15.4 Å². The standard InChI is InChI=1S/C23H16ClN5O2S/c1-14-12-20(30)21(27-29(14)19-5-3-2-4-17(19)24)22(31)25-16-8-6-15(7-9-16)18-13-28-10-11-32-23(28)26-18/h2-13H,1H3,(H,25,31). The molecule has 0 radical (unpaired) electrons. The largest absolute Gasteiger partial charge is 0.320 e. The molecule has 2 aromatic carbocycles. The fraction of sp³-hybridized carbons (Fsp3) is 0.0435. The molecule has 0 bridgehead atoms. The summed E-state index contributed by atoms with van der Waals surface area (Å²) < 4.78 is 3.45. The lowest BCUT2D eigenvalue weighted by atomic mass is 10.1. The SMILES string of the molecule is Cc1cc(=O)c(C(=O)Nc2ccc(-c3cn4ccsc4n3)cc2)nn1-c1ccccc1Cl. The number of halogens is 1. The topological polar surface area (TPSA) is 81.3 Å². The van der Waals surface area contributed by atoms with Gasteiger partial charge in [-0.1, -0.05) is 35.9 Å². The zero-order chi connectivity index (χ0) is 22.2. The second-order valence-electron chi connectivity index (χ2n) is 7.11. The van der Waals surface area contributed by atoms with Gasteiger partial charge in [0, 0.05) is 40.8 Å². The molecule has 0 unspecified atom stereocenters. The number of carbonyl (C=O) groups excluding carboxylic acids is 1. The van der Waals surface area contributed by atoms with Crippen LogP contribution in [-0.4, -0.2) is 25.1 Å². The van der Waals surface area contributed by atoms with Gasteiger partial charge >= 0.3 is 0 Å². The van der Waals surface area contributed by atoms with Crippen molar-refractivity contribution in [3.05, 3.63) is 99.0 Å². The van der Waals surface area contributed by atoms with Crippen LogP contribution in [-0.2, 0) is 0 Å². The van der Waals surface area contributed by atoms with E-state index in [1.54, 1.807) is 48.6 Å². The monoisotopic (exact) mass is 461 g/mol. The Kier molecular flexibility index (Phi) is 5.08. The molecule has 0 fully saturated rings. The van der Waals surface area contributed by atoms with Crippen LogP contribution in [0, 0.1) is 6.92 Å². The predicted molar refractivity (Wildman–Crippen MR) is 126 cm³/mol. The number of nitrogens with zero attached hydrogens (tertiary/aromatic N) is 4. The quantitative estimate of drug-likeness (QED) is 0.416. The zero-order valence-electron chi connectivity index (χ0n) is 16.8. The summed E-state index contributed by atoms with van der Waals surface area (Å²) in [6.45, 7) is 1.73. The van der Waals surface area contributed by atoms with Gasteiger partial charge in [0.15, 0.2) is 10.7 Å². The number of aromatic nitrogens is 4. The van der Waals surface area contributed by atoms with Gasteiger partial charge in [-0.2, -0.15) is 5.10 Å². The van der Waals surface area contributed by atoms with E-state index >= 15 is 0 Å². The first-order valence-corrected chi connectivity index (χ1v) is 11.0. The van der Waals surface area contributed by atoms with E-state index < -0.39 is 11.3 Å². The Balaban J connectivity index is 1.41. The van der Waals surface area contributed by atoms with Crippen molar-refractivity contribution in [2.24, 2.45) is 0 Å². The number of imidazole rings is 1. The van der Waals surface area contributed by atoms with E-state index in [4.69, 9.17) is 11.6 Å². The Labute approximate surface area is 191 Å². The minimum atomic E-state index is -0.592.